The Hall–Kier alpha value is -2.82. The molecule has 0 saturated heterocycles. The lowest BCUT2D eigenvalue weighted by atomic mass is 10.0. The van der Waals surface area contributed by atoms with Crippen LogP contribution in [0.25, 0.3) is 11.3 Å². The highest BCUT2D eigenvalue weighted by molar-refractivity contribution is 6.01. The molecule has 0 radical (unpaired) electrons. The summed E-state index contributed by atoms with van der Waals surface area (Å²) in [6.07, 6.45) is 6.26. The summed E-state index contributed by atoms with van der Waals surface area (Å²) in [5, 5.41) is 4.62. The molecule has 1 amide bonds. The van der Waals surface area contributed by atoms with Gasteiger partial charge >= 0.3 is 0 Å². The molecule has 1 aliphatic rings. The van der Waals surface area contributed by atoms with Crippen LogP contribution in [0.2, 0.25) is 0 Å². The molecular weight excluding hydrogens is 314 g/mol. The highest BCUT2D eigenvalue weighted by Crippen LogP contribution is 2.34. The minimum atomic E-state index is 0.0105. The number of carbonyl (C=O) groups excluding carboxylic acids is 1. The van der Waals surface area contributed by atoms with Crippen molar-refractivity contribution in [2.45, 2.75) is 26.8 Å². The highest BCUT2D eigenvalue weighted by Gasteiger charge is 2.25. The number of hydrogen-bond donors (Lipinski definition) is 0. The SMILES string of the molecule is C=CCOc1nn2c(c1C)-c1ccccc1C(=O)N(/C=C/C)CCC2. The fourth-order valence-electron chi connectivity index (χ4n) is 3.15. The Morgan fingerprint density at radius 1 is 1.28 bits per heavy atom. The first-order chi connectivity index (χ1) is 12.2. The quantitative estimate of drug-likeness (QED) is 0.797. The molecule has 3 rings (SSSR count). The fourth-order valence-corrected chi connectivity index (χ4v) is 3.15. The number of rotatable bonds is 4. The van der Waals surface area contributed by atoms with Gasteiger partial charge in [0.1, 0.15) is 6.61 Å². The standard InChI is InChI=1S/C20H23N3O2/c1-4-11-22-12-8-13-23-18(15(3)19(21-23)25-14-5-2)16-9-6-7-10-17(16)20(22)24/h4-7,9-11H,2,8,12-14H2,1,3H3/b11-4+. The zero-order valence-electron chi connectivity index (χ0n) is 14.7. The van der Waals surface area contributed by atoms with E-state index in [4.69, 9.17) is 4.74 Å². The van der Waals surface area contributed by atoms with Gasteiger partial charge in [0.25, 0.3) is 5.91 Å². The Balaban J connectivity index is 2.16. The lowest BCUT2D eigenvalue weighted by Gasteiger charge is -2.18. The van der Waals surface area contributed by atoms with E-state index in [0.29, 0.717) is 24.6 Å². The molecule has 0 fully saturated rings. The first kappa shape index (κ1) is 17.0. The van der Waals surface area contributed by atoms with E-state index in [2.05, 4.69) is 11.7 Å². The summed E-state index contributed by atoms with van der Waals surface area (Å²) in [6, 6.07) is 7.70. The third-order valence-electron chi connectivity index (χ3n) is 4.25. The third-order valence-corrected chi connectivity index (χ3v) is 4.25. The summed E-state index contributed by atoms with van der Waals surface area (Å²) in [6.45, 7) is 9.38. The topological polar surface area (TPSA) is 47.4 Å². The van der Waals surface area contributed by atoms with Gasteiger partial charge in [0.2, 0.25) is 5.88 Å². The van der Waals surface area contributed by atoms with Crippen LogP contribution in [0.15, 0.2) is 49.2 Å². The van der Waals surface area contributed by atoms with Gasteiger partial charge in [-0.25, -0.2) is 0 Å². The van der Waals surface area contributed by atoms with Crippen molar-refractivity contribution in [3.63, 3.8) is 0 Å². The van der Waals surface area contributed by atoms with E-state index in [1.54, 1.807) is 11.0 Å². The maximum absolute atomic E-state index is 13.0. The van der Waals surface area contributed by atoms with Crippen molar-refractivity contribution in [2.24, 2.45) is 0 Å². The zero-order valence-corrected chi connectivity index (χ0v) is 14.7. The zero-order chi connectivity index (χ0) is 17.8. The van der Waals surface area contributed by atoms with Crippen molar-refractivity contribution in [3.05, 3.63) is 60.3 Å². The lowest BCUT2D eigenvalue weighted by Crippen LogP contribution is -2.27. The Bertz CT molecular complexity index is 820. The molecule has 1 aromatic heterocycles. The second kappa shape index (κ2) is 7.38. The Morgan fingerprint density at radius 3 is 2.76 bits per heavy atom. The number of hydrogen-bond acceptors (Lipinski definition) is 3. The van der Waals surface area contributed by atoms with Crippen molar-refractivity contribution < 1.29 is 9.53 Å². The molecule has 0 unspecified atom stereocenters. The van der Waals surface area contributed by atoms with Crippen molar-refractivity contribution in [1.29, 1.82) is 0 Å². The second-order valence-corrected chi connectivity index (χ2v) is 5.98. The molecule has 5 heteroatoms. The van der Waals surface area contributed by atoms with E-state index in [-0.39, 0.29) is 5.91 Å². The van der Waals surface area contributed by atoms with E-state index in [1.807, 2.05) is 55.1 Å². The number of amides is 1. The molecule has 25 heavy (non-hydrogen) atoms. The number of allylic oxidation sites excluding steroid dienone is 1. The summed E-state index contributed by atoms with van der Waals surface area (Å²) in [5.41, 5.74) is 3.47. The van der Waals surface area contributed by atoms with Gasteiger partial charge in [0, 0.05) is 36.0 Å². The van der Waals surface area contributed by atoms with Gasteiger partial charge in [0.15, 0.2) is 0 Å². The lowest BCUT2D eigenvalue weighted by molar-refractivity contribution is 0.0820. The van der Waals surface area contributed by atoms with Crippen LogP contribution in [0.4, 0.5) is 0 Å². The Morgan fingerprint density at radius 2 is 2.04 bits per heavy atom. The third kappa shape index (κ3) is 3.22. The van der Waals surface area contributed by atoms with Gasteiger partial charge in [-0.3, -0.25) is 9.48 Å². The van der Waals surface area contributed by atoms with Crippen LogP contribution < -0.4 is 4.74 Å². The number of carbonyl (C=O) groups is 1. The predicted molar refractivity (Wildman–Crippen MR) is 98.6 cm³/mol. The van der Waals surface area contributed by atoms with Crippen LogP contribution in [0, 0.1) is 6.92 Å². The van der Waals surface area contributed by atoms with E-state index >= 15 is 0 Å². The van der Waals surface area contributed by atoms with Gasteiger partial charge in [-0.05, 0) is 26.3 Å². The first-order valence-electron chi connectivity index (χ1n) is 8.51. The average Bonchev–Trinajstić information content (AvgIpc) is 2.95. The molecule has 0 saturated carbocycles. The molecule has 2 aromatic rings. The summed E-state index contributed by atoms with van der Waals surface area (Å²) in [5.74, 6) is 0.611. The van der Waals surface area contributed by atoms with Gasteiger partial charge in [-0.1, -0.05) is 36.9 Å². The van der Waals surface area contributed by atoms with E-state index < -0.39 is 0 Å². The van der Waals surface area contributed by atoms with E-state index in [1.165, 1.54) is 0 Å². The summed E-state index contributed by atoms with van der Waals surface area (Å²) < 4.78 is 7.65. The maximum Gasteiger partial charge on any atom is 0.258 e. The molecule has 5 nitrogen and oxygen atoms in total. The average molecular weight is 337 g/mol. The van der Waals surface area contributed by atoms with Crippen molar-refractivity contribution in [1.82, 2.24) is 14.7 Å². The summed E-state index contributed by atoms with van der Waals surface area (Å²) in [7, 11) is 0. The number of fused-ring (bicyclic) bond motifs is 3. The van der Waals surface area contributed by atoms with Gasteiger partial charge in [-0.2, -0.15) is 0 Å². The molecule has 0 atom stereocenters. The Labute approximate surface area is 148 Å². The van der Waals surface area contributed by atoms with Crippen LogP contribution in [-0.2, 0) is 6.54 Å². The molecule has 2 heterocycles. The number of aryl methyl sites for hydroxylation is 1. The number of ether oxygens (including phenoxy) is 1. The minimum absolute atomic E-state index is 0.0105. The summed E-state index contributed by atoms with van der Waals surface area (Å²) in [4.78, 5) is 14.8. The predicted octanol–water partition coefficient (Wildman–Crippen LogP) is 3.80. The summed E-state index contributed by atoms with van der Waals surface area (Å²) >= 11 is 0. The highest BCUT2D eigenvalue weighted by atomic mass is 16.5. The van der Waals surface area contributed by atoms with Crippen LogP contribution >= 0.6 is 0 Å². The Kier molecular flexibility index (Phi) is 5.03. The van der Waals surface area contributed by atoms with Crippen LogP contribution in [-0.4, -0.2) is 33.7 Å². The van der Waals surface area contributed by atoms with Gasteiger partial charge in [-0.15, -0.1) is 5.10 Å². The van der Waals surface area contributed by atoms with Crippen LogP contribution in [0.3, 0.4) is 0 Å². The maximum atomic E-state index is 13.0. The molecule has 1 aromatic carbocycles. The van der Waals surface area contributed by atoms with Gasteiger partial charge < -0.3 is 9.64 Å². The van der Waals surface area contributed by atoms with Crippen LogP contribution in [0.5, 0.6) is 5.88 Å². The molecule has 0 bridgehead atoms. The molecule has 130 valence electrons. The molecular formula is C20H23N3O2. The smallest absolute Gasteiger partial charge is 0.258 e. The number of aromatic nitrogens is 2. The van der Waals surface area contributed by atoms with Crippen molar-refractivity contribution >= 4 is 5.91 Å². The van der Waals surface area contributed by atoms with E-state index in [9.17, 15) is 4.79 Å². The normalized spacial score (nSPS) is 14.5. The molecule has 0 N–H and O–H groups in total. The first-order valence-corrected chi connectivity index (χ1v) is 8.51. The van der Waals surface area contributed by atoms with Crippen LogP contribution in [0.1, 0.15) is 29.3 Å². The van der Waals surface area contributed by atoms with Gasteiger partial charge in [0.05, 0.1) is 5.69 Å². The number of benzene rings is 1. The number of nitrogens with zero attached hydrogens (tertiary/aromatic N) is 3. The second-order valence-electron chi connectivity index (χ2n) is 5.98. The minimum Gasteiger partial charge on any atom is -0.472 e. The van der Waals surface area contributed by atoms with Crippen molar-refractivity contribution in [3.8, 4) is 17.1 Å². The largest absolute Gasteiger partial charge is 0.472 e. The monoisotopic (exact) mass is 337 g/mol. The van der Waals surface area contributed by atoms with Crippen molar-refractivity contribution in [2.75, 3.05) is 13.2 Å². The fraction of sp³-hybridized carbons (Fsp3) is 0.300. The molecule has 1 aliphatic heterocycles. The molecule has 0 aliphatic carbocycles. The van der Waals surface area contributed by atoms with E-state index in [0.717, 1.165) is 29.8 Å². The molecule has 0 spiro atoms.